The van der Waals surface area contributed by atoms with Crippen LogP contribution in [0.15, 0.2) is 36.4 Å². The third-order valence-electron chi connectivity index (χ3n) is 3.28. The van der Waals surface area contributed by atoms with Gasteiger partial charge in [-0.05, 0) is 30.3 Å². The smallest absolute Gasteiger partial charge is 0.338 e. The van der Waals surface area contributed by atoms with Gasteiger partial charge in [-0.3, -0.25) is 4.79 Å². The summed E-state index contributed by atoms with van der Waals surface area (Å²) in [6, 6.07) is 9.10. The Morgan fingerprint density at radius 3 is 2.46 bits per heavy atom. The Kier molecular flexibility index (Phi) is 5.65. The Morgan fingerprint density at radius 2 is 1.83 bits per heavy atom. The van der Waals surface area contributed by atoms with Crippen LogP contribution in [0.1, 0.15) is 20.7 Å². The summed E-state index contributed by atoms with van der Waals surface area (Å²) in [5.74, 6) is -0.174. The zero-order valence-electron chi connectivity index (χ0n) is 13.2. The molecule has 0 radical (unpaired) electrons. The molecule has 0 saturated heterocycles. The van der Waals surface area contributed by atoms with Crippen molar-refractivity contribution in [3.05, 3.63) is 52.5 Å². The number of nitrogen functional groups attached to an aromatic ring is 1. The number of ether oxygens (including phenoxy) is 3. The van der Waals surface area contributed by atoms with Gasteiger partial charge < -0.3 is 19.9 Å². The number of halogens is 1. The Bertz CT molecular complexity index is 776. The lowest BCUT2D eigenvalue weighted by Gasteiger charge is -2.10. The fraction of sp³-hybridized carbons (Fsp3) is 0.176. The standard InChI is InChI=1S/C17H16ClNO5/c1-22-11-4-5-12(16(8-11)23-2)15(20)9-24-17(21)10-3-6-13(18)14(19)7-10/h3-8H,9,19H2,1-2H3. The molecular formula is C17H16ClNO5. The molecule has 24 heavy (non-hydrogen) atoms. The lowest BCUT2D eigenvalue weighted by atomic mass is 10.1. The number of hydrogen-bond donors (Lipinski definition) is 1. The van der Waals surface area contributed by atoms with Crippen LogP contribution < -0.4 is 15.2 Å². The average Bonchev–Trinajstić information content (AvgIpc) is 2.60. The number of carbonyl (C=O) groups is 2. The van der Waals surface area contributed by atoms with Crippen molar-refractivity contribution in [1.82, 2.24) is 0 Å². The van der Waals surface area contributed by atoms with E-state index in [9.17, 15) is 9.59 Å². The van der Waals surface area contributed by atoms with Gasteiger partial charge in [0.2, 0.25) is 5.78 Å². The molecule has 0 aliphatic carbocycles. The predicted octanol–water partition coefficient (Wildman–Crippen LogP) is 2.98. The number of rotatable bonds is 6. The number of hydrogen-bond acceptors (Lipinski definition) is 6. The van der Waals surface area contributed by atoms with Gasteiger partial charge in [-0.25, -0.2) is 4.79 Å². The first-order valence-electron chi connectivity index (χ1n) is 6.93. The predicted molar refractivity (Wildman–Crippen MR) is 90.0 cm³/mol. The summed E-state index contributed by atoms with van der Waals surface area (Å²) in [5, 5.41) is 0.339. The van der Waals surface area contributed by atoms with E-state index in [4.69, 9.17) is 31.5 Å². The highest BCUT2D eigenvalue weighted by Gasteiger charge is 2.16. The summed E-state index contributed by atoms with van der Waals surface area (Å²) < 4.78 is 15.2. The van der Waals surface area contributed by atoms with Gasteiger partial charge >= 0.3 is 5.97 Å². The molecule has 0 aliphatic rings. The van der Waals surface area contributed by atoms with E-state index >= 15 is 0 Å². The summed E-state index contributed by atoms with van der Waals surface area (Å²) >= 11 is 5.80. The number of benzene rings is 2. The van der Waals surface area contributed by atoms with Crippen LogP contribution in [0.5, 0.6) is 11.5 Å². The molecule has 0 saturated carbocycles. The van der Waals surface area contributed by atoms with Crippen molar-refractivity contribution in [2.75, 3.05) is 26.6 Å². The van der Waals surface area contributed by atoms with E-state index in [-0.39, 0.29) is 11.3 Å². The van der Waals surface area contributed by atoms with E-state index in [1.54, 1.807) is 18.2 Å². The zero-order chi connectivity index (χ0) is 17.7. The van der Waals surface area contributed by atoms with Gasteiger partial charge in [0.1, 0.15) is 11.5 Å². The average molecular weight is 350 g/mol. The minimum Gasteiger partial charge on any atom is -0.497 e. The molecule has 0 atom stereocenters. The minimum atomic E-state index is -0.667. The van der Waals surface area contributed by atoms with Crippen LogP contribution in [0.3, 0.4) is 0 Å². The van der Waals surface area contributed by atoms with Gasteiger partial charge in [0, 0.05) is 6.07 Å². The summed E-state index contributed by atoms with van der Waals surface area (Å²) in [5.41, 5.74) is 6.40. The number of methoxy groups -OCH3 is 2. The Morgan fingerprint density at radius 1 is 1.08 bits per heavy atom. The van der Waals surface area contributed by atoms with Crippen molar-refractivity contribution >= 4 is 29.0 Å². The molecular weight excluding hydrogens is 334 g/mol. The highest BCUT2D eigenvalue weighted by Crippen LogP contribution is 2.25. The molecule has 7 heteroatoms. The largest absolute Gasteiger partial charge is 0.497 e. The van der Waals surface area contributed by atoms with E-state index in [2.05, 4.69) is 0 Å². The fourth-order valence-corrected chi connectivity index (χ4v) is 2.11. The number of nitrogens with two attached hydrogens (primary N) is 1. The molecule has 126 valence electrons. The molecule has 0 fully saturated rings. The van der Waals surface area contributed by atoms with E-state index in [0.29, 0.717) is 22.1 Å². The third kappa shape index (κ3) is 3.97. The van der Waals surface area contributed by atoms with Crippen LogP contribution in [0, 0.1) is 0 Å². The minimum absolute atomic E-state index is 0.214. The van der Waals surface area contributed by atoms with Crippen LogP contribution >= 0.6 is 11.6 Å². The van der Waals surface area contributed by atoms with Gasteiger partial charge in [0.25, 0.3) is 0 Å². The molecule has 0 aliphatic heterocycles. The molecule has 2 rings (SSSR count). The van der Waals surface area contributed by atoms with E-state index < -0.39 is 18.4 Å². The maximum atomic E-state index is 12.2. The second-order valence-corrected chi connectivity index (χ2v) is 5.21. The molecule has 2 aromatic rings. The molecule has 0 aromatic heterocycles. The quantitative estimate of drug-likeness (QED) is 0.490. The monoisotopic (exact) mass is 349 g/mol. The molecule has 0 heterocycles. The molecule has 2 N–H and O–H groups in total. The van der Waals surface area contributed by atoms with Gasteiger partial charge in [-0.15, -0.1) is 0 Å². The van der Waals surface area contributed by atoms with Crippen LogP contribution in [0.2, 0.25) is 5.02 Å². The molecule has 2 aromatic carbocycles. The van der Waals surface area contributed by atoms with Gasteiger partial charge in [0.15, 0.2) is 6.61 Å². The van der Waals surface area contributed by atoms with E-state index in [1.165, 1.54) is 32.4 Å². The molecule has 6 nitrogen and oxygen atoms in total. The number of carbonyl (C=O) groups excluding carboxylic acids is 2. The van der Waals surface area contributed by atoms with Crippen LogP contribution in [-0.2, 0) is 4.74 Å². The summed E-state index contributed by atoms with van der Waals surface area (Å²) in [4.78, 5) is 24.2. The highest BCUT2D eigenvalue weighted by atomic mass is 35.5. The van der Waals surface area contributed by atoms with Crippen LogP contribution in [-0.4, -0.2) is 32.6 Å². The first-order valence-corrected chi connectivity index (χ1v) is 7.31. The summed E-state index contributed by atoms with van der Waals surface area (Å²) in [7, 11) is 2.95. The maximum absolute atomic E-state index is 12.2. The second-order valence-electron chi connectivity index (χ2n) is 4.80. The summed E-state index contributed by atoms with van der Waals surface area (Å²) in [6.07, 6.45) is 0. The van der Waals surface area contributed by atoms with E-state index in [0.717, 1.165) is 0 Å². The first kappa shape index (κ1) is 17.6. The molecule has 0 spiro atoms. The van der Waals surface area contributed by atoms with Crippen LogP contribution in [0.25, 0.3) is 0 Å². The summed E-state index contributed by atoms with van der Waals surface area (Å²) in [6.45, 7) is -0.427. The van der Waals surface area contributed by atoms with Gasteiger partial charge in [0.05, 0.1) is 36.1 Å². The fourth-order valence-electron chi connectivity index (χ4n) is 1.99. The van der Waals surface area contributed by atoms with Crippen molar-refractivity contribution in [2.24, 2.45) is 0 Å². The SMILES string of the molecule is COc1ccc(C(=O)COC(=O)c2ccc(Cl)c(N)c2)c(OC)c1. The Balaban J connectivity index is 2.07. The number of Topliss-reactive ketones (excluding diaryl/α,β-unsaturated/α-hetero) is 1. The zero-order valence-corrected chi connectivity index (χ0v) is 13.9. The Labute approximate surface area is 144 Å². The van der Waals surface area contributed by atoms with Crippen molar-refractivity contribution in [3.8, 4) is 11.5 Å². The molecule has 0 bridgehead atoms. The maximum Gasteiger partial charge on any atom is 0.338 e. The number of esters is 1. The number of ketones is 1. The van der Waals surface area contributed by atoms with Gasteiger partial charge in [-0.1, -0.05) is 11.6 Å². The van der Waals surface area contributed by atoms with Crippen molar-refractivity contribution in [1.29, 1.82) is 0 Å². The molecule has 0 amide bonds. The topological polar surface area (TPSA) is 87.9 Å². The Hall–Kier alpha value is -2.73. The lowest BCUT2D eigenvalue weighted by Crippen LogP contribution is -2.15. The molecule has 0 unspecified atom stereocenters. The van der Waals surface area contributed by atoms with Gasteiger partial charge in [-0.2, -0.15) is 0 Å². The van der Waals surface area contributed by atoms with E-state index in [1.807, 2.05) is 0 Å². The number of anilines is 1. The third-order valence-corrected chi connectivity index (χ3v) is 3.62. The normalized spacial score (nSPS) is 10.1. The van der Waals surface area contributed by atoms with Crippen molar-refractivity contribution in [2.45, 2.75) is 0 Å². The second kappa shape index (κ2) is 7.70. The van der Waals surface area contributed by atoms with Crippen LogP contribution in [0.4, 0.5) is 5.69 Å². The van der Waals surface area contributed by atoms with Crippen molar-refractivity contribution < 1.29 is 23.8 Å². The highest BCUT2D eigenvalue weighted by molar-refractivity contribution is 6.33. The first-order chi connectivity index (χ1) is 11.5. The van der Waals surface area contributed by atoms with Crippen molar-refractivity contribution in [3.63, 3.8) is 0 Å². The lowest BCUT2D eigenvalue weighted by molar-refractivity contribution is 0.0474.